The van der Waals surface area contributed by atoms with Gasteiger partial charge in [0.25, 0.3) is 17.7 Å². The van der Waals surface area contributed by atoms with Crippen LogP contribution in [0.3, 0.4) is 0 Å². The van der Waals surface area contributed by atoms with Gasteiger partial charge in [0.15, 0.2) is 0 Å². The molecule has 0 saturated carbocycles. The molecule has 0 radical (unpaired) electrons. The lowest BCUT2D eigenvalue weighted by atomic mass is 10.2. The number of nitrogens with one attached hydrogen (secondary N) is 2. The normalized spacial score (nSPS) is 13.3. The predicted octanol–water partition coefficient (Wildman–Crippen LogP) is 6.29. The van der Waals surface area contributed by atoms with Crippen LogP contribution in [0.15, 0.2) is 97.2 Å². The molecule has 3 aromatic rings. The maximum absolute atomic E-state index is 13.3. The molecule has 37 heavy (non-hydrogen) atoms. The zero-order valence-electron chi connectivity index (χ0n) is 19.8. The number of methoxy groups -OCH3 is 1. The molecule has 3 amide bonds. The van der Waals surface area contributed by atoms with E-state index < -0.39 is 0 Å². The molecule has 1 aliphatic heterocycles. The second-order valence-electron chi connectivity index (χ2n) is 8.04. The van der Waals surface area contributed by atoms with Crippen LogP contribution in [0, 0.1) is 0 Å². The van der Waals surface area contributed by atoms with Gasteiger partial charge in [-0.05, 0) is 73.2 Å². The minimum absolute atomic E-state index is 0.221. The van der Waals surface area contributed by atoms with Gasteiger partial charge in [-0.1, -0.05) is 49.7 Å². The fourth-order valence-corrected chi connectivity index (χ4v) is 5.10. The topological polar surface area (TPSA) is 87.7 Å². The fraction of sp³-hybridized carbons (Fsp3) is 0.148. The number of amides is 3. The third-order valence-electron chi connectivity index (χ3n) is 5.39. The van der Waals surface area contributed by atoms with E-state index in [1.807, 2.05) is 30.3 Å². The first-order chi connectivity index (χ1) is 17.9. The van der Waals surface area contributed by atoms with E-state index in [1.54, 1.807) is 49.6 Å². The quantitative estimate of drug-likeness (QED) is 0.199. The van der Waals surface area contributed by atoms with E-state index in [4.69, 9.17) is 4.74 Å². The molecule has 4 rings (SSSR count). The van der Waals surface area contributed by atoms with Crippen molar-refractivity contribution in [3.8, 4) is 0 Å². The molecule has 0 aromatic heterocycles. The highest BCUT2D eigenvalue weighted by molar-refractivity contribution is 9.10. The lowest BCUT2D eigenvalue weighted by Crippen LogP contribution is -2.33. The molecule has 0 aliphatic carbocycles. The number of hydrogen-bond donors (Lipinski definition) is 2. The SMILES string of the molecule is COCCCN1C(=O)C(Nc2ccc(Br)cc2)=C(Sc2cccc(NC(=O)c3ccc(Br)cc3)c2)C1=O. The molecule has 0 unspecified atom stereocenters. The monoisotopic (exact) mass is 643 g/mol. The molecule has 2 N–H and O–H groups in total. The number of imide groups is 1. The van der Waals surface area contributed by atoms with Crippen molar-refractivity contribution in [2.45, 2.75) is 11.3 Å². The van der Waals surface area contributed by atoms with Crippen molar-refractivity contribution in [3.63, 3.8) is 0 Å². The molecular weight excluding hydrogens is 622 g/mol. The van der Waals surface area contributed by atoms with Crippen molar-refractivity contribution in [1.29, 1.82) is 0 Å². The number of nitrogens with zero attached hydrogens (tertiary/aromatic N) is 1. The highest BCUT2D eigenvalue weighted by atomic mass is 79.9. The Labute approximate surface area is 235 Å². The smallest absolute Gasteiger partial charge is 0.278 e. The number of carbonyl (C=O) groups excluding carboxylic acids is 3. The van der Waals surface area contributed by atoms with Gasteiger partial charge in [0.1, 0.15) is 10.6 Å². The van der Waals surface area contributed by atoms with Crippen molar-refractivity contribution < 1.29 is 19.1 Å². The molecule has 3 aromatic carbocycles. The lowest BCUT2D eigenvalue weighted by Gasteiger charge is -2.14. The minimum atomic E-state index is -0.383. The Morgan fingerprint density at radius 2 is 1.59 bits per heavy atom. The summed E-state index contributed by atoms with van der Waals surface area (Å²) in [5.74, 6) is -0.996. The Hall–Kier alpha value is -2.92. The van der Waals surface area contributed by atoms with Crippen LogP contribution >= 0.6 is 43.6 Å². The van der Waals surface area contributed by atoms with Crippen LogP contribution in [0.1, 0.15) is 16.8 Å². The molecule has 190 valence electrons. The number of halogens is 2. The summed E-state index contributed by atoms with van der Waals surface area (Å²) in [6.07, 6.45) is 0.537. The largest absolute Gasteiger partial charge is 0.385 e. The van der Waals surface area contributed by atoms with Gasteiger partial charge in [-0.25, -0.2) is 0 Å². The zero-order chi connectivity index (χ0) is 26.4. The van der Waals surface area contributed by atoms with E-state index in [-0.39, 0.29) is 30.0 Å². The number of hydrogen-bond acceptors (Lipinski definition) is 6. The van der Waals surface area contributed by atoms with Crippen LogP contribution < -0.4 is 10.6 Å². The summed E-state index contributed by atoms with van der Waals surface area (Å²) < 4.78 is 6.87. The van der Waals surface area contributed by atoms with E-state index in [0.29, 0.717) is 39.8 Å². The third kappa shape index (κ3) is 6.89. The number of ether oxygens (including phenoxy) is 1. The summed E-state index contributed by atoms with van der Waals surface area (Å²) in [5.41, 5.74) is 2.01. The Morgan fingerprint density at radius 3 is 2.27 bits per heavy atom. The zero-order valence-corrected chi connectivity index (χ0v) is 23.8. The van der Waals surface area contributed by atoms with Gasteiger partial charge in [-0.15, -0.1) is 0 Å². The average molecular weight is 645 g/mol. The standard InChI is InChI=1S/C27H23Br2N3O4S/c1-36-15-3-14-32-26(34)23(30-20-12-10-19(29)11-13-20)24(27(32)35)37-22-5-2-4-21(16-22)31-25(33)17-6-8-18(28)9-7-17/h2,4-13,16,30H,3,14-15H2,1H3,(H,31,33). The number of benzene rings is 3. The van der Waals surface area contributed by atoms with Crippen molar-refractivity contribution in [3.05, 3.63) is 97.9 Å². The summed E-state index contributed by atoms with van der Waals surface area (Å²) >= 11 is 7.95. The second kappa shape index (κ2) is 12.6. The van der Waals surface area contributed by atoms with E-state index in [0.717, 1.165) is 8.95 Å². The molecule has 1 heterocycles. The molecule has 0 atom stereocenters. The van der Waals surface area contributed by atoms with Gasteiger partial charge in [0.05, 0.1) is 0 Å². The molecule has 0 saturated heterocycles. The summed E-state index contributed by atoms with van der Waals surface area (Å²) in [6, 6.07) is 21.6. The summed E-state index contributed by atoms with van der Waals surface area (Å²) in [4.78, 5) is 41.4. The van der Waals surface area contributed by atoms with Gasteiger partial charge >= 0.3 is 0 Å². The molecular formula is C27H23Br2N3O4S. The molecule has 0 fully saturated rings. The highest BCUT2D eigenvalue weighted by Gasteiger charge is 2.38. The van der Waals surface area contributed by atoms with Gasteiger partial charge in [0.2, 0.25) is 0 Å². The van der Waals surface area contributed by atoms with Gasteiger partial charge in [0, 0.05) is 51.0 Å². The number of anilines is 2. The average Bonchev–Trinajstić information content (AvgIpc) is 3.10. The summed E-state index contributed by atoms with van der Waals surface area (Å²) in [5, 5.41) is 6.02. The first kappa shape index (κ1) is 27.1. The van der Waals surface area contributed by atoms with E-state index in [1.165, 1.54) is 16.7 Å². The van der Waals surface area contributed by atoms with Gasteiger partial charge in [-0.2, -0.15) is 0 Å². The number of thioether (sulfide) groups is 1. The van der Waals surface area contributed by atoms with E-state index >= 15 is 0 Å². The Balaban J connectivity index is 1.57. The number of rotatable bonds is 10. The summed E-state index contributed by atoms with van der Waals surface area (Å²) in [6.45, 7) is 0.694. The highest BCUT2D eigenvalue weighted by Crippen LogP contribution is 2.37. The molecule has 7 nitrogen and oxygen atoms in total. The molecule has 1 aliphatic rings. The Bertz CT molecular complexity index is 1340. The van der Waals surface area contributed by atoms with Crippen molar-refractivity contribution in [1.82, 2.24) is 4.90 Å². The van der Waals surface area contributed by atoms with Crippen LogP contribution in [0.2, 0.25) is 0 Å². The second-order valence-corrected chi connectivity index (χ2v) is 11.0. The minimum Gasteiger partial charge on any atom is -0.385 e. The fourth-order valence-electron chi connectivity index (χ4n) is 3.57. The van der Waals surface area contributed by atoms with E-state index in [9.17, 15) is 14.4 Å². The maximum Gasteiger partial charge on any atom is 0.278 e. The van der Waals surface area contributed by atoms with Crippen LogP contribution in [0.25, 0.3) is 0 Å². The predicted molar refractivity (Wildman–Crippen MR) is 152 cm³/mol. The first-order valence-electron chi connectivity index (χ1n) is 11.3. The van der Waals surface area contributed by atoms with Crippen LogP contribution in [0.4, 0.5) is 11.4 Å². The molecule has 0 bridgehead atoms. The lowest BCUT2D eigenvalue weighted by molar-refractivity contribution is -0.137. The maximum atomic E-state index is 13.3. The van der Waals surface area contributed by atoms with Crippen LogP contribution in [-0.2, 0) is 14.3 Å². The third-order valence-corrected chi connectivity index (χ3v) is 7.52. The summed E-state index contributed by atoms with van der Waals surface area (Å²) in [7, 11) is 1.58. The Kier molecular flexibility index (Phi) is 9.20. The Morgan fingerprint density at radius 1 is 0.919 bits per heavy atom. The number of carbonyl (C=O) groups is 3. The van der Waals surface area contributed by atoms with Crippen LogP contribution in [0.5, 0.6) is 0 Å². The van der Waals surface area contributed by atoms with Crippen molar-refractivity contribution >= 4 is 72.7 Å². The van der Waals surface area contributed by atoms with Gasteiger partial charge < -0.3 is 15.4 Å². The van der Waals surface area contributed by atoms with Crippen LogP contribution in [-0.4, -0.2) is 42.9 Å². The molecule has 0 spiro atoms. The van der Waals surface area contributed by atoms with Crippen molar-refractivity contribution in [2.24, 2.45) is 0 Å². The van der Waals surface area contributed by atoms with Crippen molar-refractivity contribution in [2.75, 3.05) is 30.9 Å². The first-order valence-corrected chi connectivity index (χ1v) is 13.7. The molecule has 10 heteroatoms. The van der Waals surface area contributed by atoms with Gasteiger partial charge in [-0.3, -0.25) is 19.3 Å². The van der Waals surface area contributed by atoms with E-state index in [2.05, 4.69) is 42.5 Å².